The van der Waals surface area contributed by atoms with Crippen LogP contribution in [0.2, 0.25) is 0 Å². The summed E-state index contributed by atoms with van der Waals surface area (Å²) in [5.41, 5.74) is 5.89. The molecule has 1 amide bonds. The topological polar surface area (TPSA) is 46.3 Å². The number of nitrogens with zero attached hydrogens (tertiary/aromatic N) is 1. The Morgan fingerprint density at radius 3 is 2.80 bits per heavy atom. The molecular formula is C12H24N2O. The minimum atomic E-state index is 0.190. The molecule has 0 aromatic rings. The number of carbonyl (C=O) groups excluding carboxylic acids is 1. The van der Waals surface area contributed by atoms with Gasteiger partial charge in [0.1, 0.15) is 0 Å². The highest BCUT2D eigenvalue weighted by atomic mass is 16.2. The standard InChI is InChI=1S/C12H24N2O/c1-3-4-8-14(2)12(15)10-6-5-7-11(13)9-10/h10-11H,3-9,13H2,1-2H3. The van der Waals surface area contributed by atoms with Gasteiger partial charge in [-0.3, -0.25) is 4.79 Å². The van der Waals surface area contributed by atoms with E-state index >= 15 is 0 Å². The summed E-state index contributed by atoms with van der Waals surface area (Å²) in [4.78, 5) is 13.9. The van der Waals surface area contributed by atoms with Gasteiger partial charge < -0.3 is 10.6 Å². The number of carbonyl (C=O) groups is 1. The highest BCUT2D eigenvalue weighted by Crippen LogP contribution is 2.24. The summed E-state index contributed by atoms with van der Waals surface area (Å²) in [5.74, 6) is 0.495. The molecule has 0 aliphatic heterocycles. The van der Waals surface area contributed by atoms with Gasteiger partial charge in [0.2, 0.25) is 5.91 Å². The quantitative estimate of drug-likeness (QED) is 0.772. The highest BCUT2D eigenvalue weighted by molar-refractivity contribution is 5.78. The van der Waals surface area contributed by atoms with E-state index in [-0.39, 0.29) is 12.0 Å². The van der Waals surface area contributed by atoms with Crippen molar-refractivity contribution in [3.63, 3.8) is 0 Å². The molecule has 0 aromatic carbocycles. The van der Waals surface area contributed by atoms with Gasteiger partial charge in [0, 0.05) is 25.6 Å². The summed E-state index contributed by atoms with van der Waals surface area (Å²) in [6.07, 6.45) is 6.35. The van der Waals surface area contributed by atoms with Crippen molar-refractivity contribution in [1.82, 2.24) is 4.90 Å². The first-order chi connectivity index (χ1) is 7.15. The molecule has 1 aliphatic carbocycles. The van der Waals surface area contributed by atoms with E-state index in [1.807, 2.05) is 11.9 Å². The summed E-state index contributed by atoms with van der Waals surface area (Å²) in [6, 6.07) is 0.243. The Morgan fingerprint density at radius 1 is 1.47 bits per heavy atom. The van der Waals surface area contributed by atoms with Gasteiger partial charge in [-0.2, -0.15) is 0 Å². The molecule has 0 aromatic heterocycles. The van der Waals surface area contributed by atoms with Crippen LogP contribution in [0, 0.1) is 5.92 Å². The third-order valence-electron chi connectivity index (χ3n) is 3.29. The molecule has 0 radical (unpaired) electrons. The van der Waals surface area contributed by atoms with Crippen molar-refractivity contribution in [1.29, 1.82) is 0 Å². The monoisotopic (exact) mass is 212 g/mol. The molecule has 0 bridgehead atoms. The van der Waals surface area contributed by atoms with Crippen molar-refractivity contribution in [3.05, 3.63) is 0 Å². The first kappa shape index (κ1) is 12.5. The van der Waals surface area contributed by atoms with E-state index in [0.29, 0.717) is 5.91 Å². The van der Waals surface area contributed by atoms with Crippen molar-refractivity contribution in [3.8, 4) is 0 Å². The van der Waals surface area contributed by atoms with Crippen LogP contribution in [0.15, 0.2) is 0 Å². The van der Waals surface area contributed by atoms with Crippen LogP contribution in [0.3, 0.4) is 0 Å². The van der Waals surface area contributed by atoms with Crippen molar-refractivity contribution < 1.29 is 4.79 Å². The Labute approximate surface area is 93.0 Å². The van der Waals surface area contributed by atoms with Crippen molar-refractivity contribution >= 4 is 5.91 Å². The largest absolute Gasteiger partial charge is 0.346 e. The molecule has 1 aliphatic rings. The summed E-state index contributed by atoms with van der Waals surface area (Å²) in [7, 11) is 1.91. The van der Waals surface area contributed by atoms with Crippen LogP contribution in [0.25, 0.3) is 0 Å². The third kappa shape index (κ3) is 3.82. The minimum Gasteiger partial charge on any atom is -0.346 e. The molecule has 2 N–H and O–H groups in total. The van der Waals surface area contributed by atoms with Crippen molar-refractivity contribution in [2.24, 2.45) is 11.7 Å². The molecular weight excluding hydrogens is 188 g/mol. The maximum atomic E-state index is 12.0. The van der Waals surface area contributed by atoms with Gasteiger partial charge in [-0.1, -0.05) is 19.8 Å². The fourth-order valence-corrected chi connectivity index (χ4v) is 2.27. The first-order valence-electron chi connectivity index (χ1n) is 6.15. The van der Waals surface area contributed by atoms with Crippen LogP contribution in [0.5, 0.6) is 0 Å². The Balaban J connectivity index is 2.37. The molecule has 3 heteroatoms. The number of hydrogen-bond donors (Lipinski definition) is 1. The Hall–Kier alpha value is -0.570. The lowest BCUT2D eigenvalue weighted by atomic mass is 9.85. The van der Waals surface area contributed by atoms with Crippen LogP contribution < -0.4 is 5.73 Å². The lowest BCUT2D eigenvalue weighted by Crippen LogP contribution is -2.39. The molecule has 1 fully saturated rings. The maximum Gasteiger partial charge on any atom is 0.225 e. The van der Waals surface area contributed by atoms with Gasteiger partial charge in [-0.05, 0) is 25.7 Å². The van der Waals surface area contributed by atoms with E-state index in [9.17, 15) is 4.79 Å². The lowest BCUT2D eigenvalue weighted by molar-refractivity contribution is -0.135. The molecule has 1 rings (SSSR count). The second-order valence-electron chi connectivity index (χ2n) is 4.74. The van der Waals surface area contributed by atoms with E-state index in [2.05, 4.69) is 6.92 Å². The number of nitrogens with two attached hydrogens (primary N) is 1. The molecule has 2 atom stereocenters. The van der Waals surface area contributed by atoms with E-state index in [0.717, 1.165) is 45.1 Å². The summed E-state index contributed by atoms with van der Waals surface area (Å²) >= 11 is 0. The second-order valence-corrected chi connectivity index (χ2v) is 4.74. The van der Waals surface area contributed by atoms with E-state index < -0.39 is 0 Å². The Morgan fingerprint density at radius 2 is 2.20 bits per heavy atom. The second kappa shape index (κ2) is 6.11. The number of amides is 1. The molecule has 0 saturated heterocycles. The van der Waals surface area contributed by atoms with Gasteiger partial charge in [-0.25, -0.2) is 0 Å². The molecule has 1 saturated carbocycles. The van der Waals surface area contributed by atoms with Crippen LogP contribution in [-0.2, 0) is 4.79 Å². The minimum absolute atomic E-state index is 0.190. The molecule has 88 valence electrons. The maximum absolute atomic E-state index is 12.0. The molecule has 15 heavy (non-hydrogen) atoms. The zero-order chi connectivity index (χ0) is 11.3. The number of rotatable bonds is 4. The van der Waals surface area contributed by atoms with Gasteiger partial charge in [-0.15, -0.1) is 0 Å². The van der Waals surface area contributed by atoms with Crippen LogP contribution in [-0.4, -0.2) is 30.4 Å². The average molecular weight is 212 g/mol. The van der Waals surface area contributed by atoms with Crippen LogP contribution >= 0.6 is 0 Å². The predicted octanol–water partition coefficient (Wildman–Crippen LogP) is 1.76. The van der Waals surface area contributed by atoms with Crippen molar-refractivity contribution in [2.45, 2.75) is 51.5 Å². The van der Waals surface area contributed by atoms with E-state index in [1.165, 1.54) is 0 Å². The van der Waals surface area contributed by atoms with E-state index in [4.69, 9.17) is 5.73 Å². The molecule has 3 nitrogen and oxygen atoms in total. The smallest absolute Gasteiger partial charge is 0.225 e. The normalized spacial score (nSPS) is 26.3. The highest BCUT2D eigenvalue weighted by Gasteiger charge is 2.27. The molecule has 0 heterocycles. The summed E-state index contributed by atoms with van der Waals surface area (Å²) in [5, 5.41) is 0. The zero-order valence-corrected chi connectivity index (χ0v) is 10.0. The van der Waals surface area contributed by atoms with Gasteiger partial charge in [0.05, 0.1) is 0 Å². The summed E-state index contributed by atoms with van der Waals surface area (Å²) < 4.78 is 0. The SMILES string of the molecule is CCCCN(C)C(=O)C1CCCC(N)C1. The molecule has 2 unspecified atom stereocenters. The Bertz CT molecular complexity index is 206. The third-order valence-corrected chi connectivity index (χ3v) is 3.29. The van der Waals surface area contributed by atoms with Gasteiger partial charge >= 0.3 is 0 Å². The summed E-state index contributed by atoms with van der Waals surface area (Å²) in [6.45, 7) is 3.04. The van der Waals surface area contributed by atoms with Crippen LogP contribution in [0.1, 0.15) is 45.4 Å². The molecule has 0 spiro atoms. The number of unbranched alkanes of at least 4 members (excludes halogenated alkanes) is 1. The average Bonchev–Trinajstić information content (AvgIpc) is 2.24. The fraction of sp³-hybridized carbons (Fsp3) is 0.917. The predicted molar refractivity (Wildman–Crippen MR) is 62.5 cm³/mol. The zero-order valence-electron chi connectivity index (χ0n) is 10.0. The van der Waals surface area contributed by atoms with Gasteiger partial charge in [0.25, 0.3) is 0 Å². The fourth-order valence-electron chi connectivity index (χ4n) is 2.27. The number of hydrogen-bond acceptors (Lipinski definition) is 2. The van der Waals surface area contributed by atoms with Crippen LogP contribution in [0.4, 0.5) is 0 Å². The Kier molecular flexibility index (Phi) is 5.09. The van der Waals surface area contributed by atoms with Gasteiger partial charge in [0.15, 0.2) is 0 Å². The van der Waals surface area contributed by atoms with Crippen molar-refractivity contribution in [2.75, 3.05) is 13.6 Å². The lowest BCUT2D eigenvalue weighted by Gasteiger charge is -2.29. The first-order valence-corrected chi connectivity index (χ1v) is 6.15. The van der Waals surface area contributed by atoms with E-state index in [1.54, 1.807) is 0 Å².